The lowest BCUT2D eigenvalue weighted by molar-refractivity contribution is 0.235. The maximum Gasteiger partial charge on any atom is 0.257 e. The van der Waals surface area contributed by atoms with Crippen molar-refractivity contribution < 1.29 is 8.78 Å². The van der Waals surface area contributed by atoms with Gasteiger partial charge >= 0.3 is 0 Å². The van der Waals surface area contributed by atoms with Gasteiger partial charge in [-0.05, 0) is 30.9 Å². The molecule has 27 heavy (non-hydrogen) atoms. The Bertz CT molecular complexity index is 870. The molecule has 0 unspecified atom stereocenters. The molecular weight excluding hydrogens is 350 g/mol. The Labute approximate surface area is 157 Å². The molecule has 2 aromatic rings. The van der Waals surface area contributed by atoms with E-state index in [1.54, 1.807) is 0 Å². The van der Waals surface area contributed by atoms with Crippen molar-refractivity contribution >= 4 is 5.95 Å². The molecule has 2 aliphatic rings. The fourth-order valence-electron chi connectivity index (χ4n) is 3.88. The second kappa shape index (κ2) is 7.38. The topological polar surface area (TPSA) is 52.2 Å². The maximum atomic E-state index is 13.9. The third-order valence-electron chi connectivity index (χ3n) is 5.66. The summed E-state index contributed by atoms with van der Waals surface area (Å²) >= 11 is 0. The predicted octanol–water partition coefficient (Wildman–Crippen LogP) is 2.84. The first kappa shape index (κ1) is 18.1. The van der Waals surface area contributed by atoms with Crippen molar-refractivity contribution in [2.45, 2.75) is 39.3 Å². The minimum atomic E-state index is -0.553. The summed E-state index contributed by atoms with van der Waals surface area (Å²) in [4.78, 5) is 24.3. The number of aromatic nitrogens is 2. The number of hydrogen-bond acceptors (Lipinski definition) is 4. The molecule has 0 atom stereocenters. The molecule has 5 nitrogen and oxygen atoms in total. The van der Waals surface area contributed by atoms with Crippen LogP contribution in [0.1, 0.15) is 36.6 Å². The van der Waals surface area contributed by atoms with Gasteiger partial charge in [0.2, 0.25) is 5.95 Å². The molecule has 0 bridgehead atoms. The standard InChI is InChI=1S/C20H24F2N4O/c1-13-5-9-26(10-6-13)20-23-18-7-8-25(12-15(18)19(27)24-20)11-14-16(21)3-2-4-17(14)22/h2-4,13H,5-12H2,1H3,(H,23,24,27). The number of aromatic amines is 1. The van der Waals surface area contributed by atoms with Gasteiger partial charge in [0.05, 0.1) is 11.3 Å². The third-order valence-corrected chi connectivity index (χ3v) is 5.66. The van der Waals surface area contributed by atoms with Crippen LogP contribution in [0.25, 0.3) is 0 Å². The van der Waals surface area contributed by atoms with Crippen LogP contribution in [0.3, 0.4) is 0 Å². The van der Waals surface area contributed by atoms with E-state index < -0.39 is 11.6 Å². The van der Waals surface area contributed by atoms with Gasteiger partial charge in [-0.2, -0.15) is 0 Å². The summed E-state index contributed by atoms with van der Waals surface area (Å²) in [5, 5.41) is 0. The van der Waals surface area contributed by atoms with E-state index in [2.05, 4.69) is 16.8 Å². The first-order valence-electron chi connectivity index (χ1n) is 9.53. The van der Waals surface area contributed by atoms with Crippen LogP contribution in [0, 0.1) is 17.6 Å². The fraction of sp³-hybridized carbons (Fsp3) is 0.500. The Morgan fingerprint density at radius 2 is 1.89 bits per heavy atom. The lowest BCUT2D eigenvalue weighted by Gasteiger charge is -2.32. The molecule has 0 radical (unpaired) electrons. The van der Waals surface area contributed by atoms with Gasteiger partial charge in [0.1, 0.15) is 11.6 Å². The quantitative estimate of drug-likeness (QED) is 0.898. The van der Waals surface area contributed by atoms with Crippen molar-refractivity contribution in [2.75, 3.05) is 24.5 Å². The molecule has 144 valence electrons. The number of piperidine rings is 1. The third kappa shape index (κ3) is 3.74. The number of nitrogens with one attached hydrogen (secondary N) is 1. The highest BCUT2D eigenvalue weighted by Crippen LogP contribution is 2.23. The van der Waals surface area contributed by atoms with Gasteiger partial charge in [0, 0.05) is 44.7 Å². The zero-order chi connectivity index (χ0) is 19.0. The Balaban J connectivity index is 1.53. The largest absolute Gasteiger partial charge is 0.342 e. The first-order chi connectivity index (χ1) is 13.0. The minimum absolute atomic E-state index is 0.0457. The number of halogens is 2. The van der Waals surface area contributed by atoms with E-state index in [0.29, 0.717) is 36.9 Å². The van der Waals surface area contributed by atoms with E-state index in [1.165, 1.54) is 18.2 Å². The second-order valence-electron chi connectivity index (χ2n) is 7.65. The van der Waals surface area contributed by atoms with E-state index in [4.69, 9.17) is 4.98 Å². The number of hydrogen-bond donors (Lipinski definition) is 1. The van der Waals surface area contributed by atoms with E-state index in [9.17, 15) is 13.6 Å². The average Bonchev–Trinajstić information content (AvgIpc) is 2.66. The van der Waals surface area contributed by atoms with Crippen LogP contribution in [0.5, 0.6) is 0 Å². The maximum absolute atomic E-state index is 13.9. The van der Waals surface area contributed by atoms with Crippen LogP contribution in [-0.4, -0.2) is 34.5 Å². The smallest absolute Gasteiger partial charge is 0.257 e. The molecule has 1 saturated heterocycles. The molecule has 1 aromatic carbocycles. The summed E-state index contributed by atoms with van der Waals surface area (Å²) in [5.41, 5.74) is 1.31. The Morgan fingerprint density at radius 3 is 2.59 bits per heavy atom. The number of nitrogens with zero attached hydrogens (tertiary/aromatic N) is 3. The molecule has 1 aromatic heterocycles. The number of benzene rings is 1. The normalized spacial score (nSPS) is 18.6. The number of rotatable bonds is 3. The summed E-state index contributed by atoms with van der Waals surface area (Å²) in [5.74, 6) is 0.252. The zero-order valence-electron chi connectivity index (χ0n) is 15.5. The molecular formula is C20H24F2N4O. The molecule has 0 spiro atoms. The minimum Gasteiger partial charge on any atom is -0.342 e. The summed E-state index contributed by atoms with van der Waals surface area (Å²) in [6, 6.07) is 3.88. The van der Waals surface area contributed by atoms with Gasteiger partial charge in [-0.1, -0.05) is 13.0 Å². The van der Waals surface area contributed by atoms with Gasteiger partial charge in [-0.3, -0.25) is 14.7 Å². The highest BCUT2D eigenvalue weighted by molar-refractivity contribution is 5.35. The van der Waals surface area contributed by atoms with Crippen molar-refractivity contribution in [3.8, 4) is 0 Å². The Kier molecular flexibility index (Phi) is 4.95. The second-order valence-corrected chi connectivity index (χ2v) is 7.65. The van der Waals surface area contributed by atoms with Crippen LogP contribution in [-0.2, 0) is 19.5 Å². The van der Waals surface area contributed by atoms with Crippen molar-refractivity contribution in [2.24, 2.45) is 5.92 Å². The van der Waals surface area contributed by atoms with Gasteiger partial charge in [-0.15, -0.1) is 0 Å². The van der Waals surface area contributed by atoms with Gasteiger partial charge in [-0.25, -0.2) is 13.8 Å². The van der Waals surface area contributed by atoms with Crippen molar-refractivity contribution in [3.63, 3.8) is 0 Å². The molecule has 0 amide bonds. The fourth-order valence-corrected chi connectivity index (χ4v) is 3.88. The number of anilines is 1. The van der Waals surface area contributed by atoms with Crippen LogP contribution in [0.2, 0.25) is 0 Å². The molecule has 1 N–H and O–H groups in total. The Hall–Kier alpha value is -2.28. The molecule has 0 saturated carbocycles. The molecule has 2 aliphatic heterocycles. The number of fused-ring (bicyclic) bond motifs is 1. The monoisotopic (exact) mass is 374 g/mol. The van der Waals surface area contributed by atoms with E-state index in [0.717, 1.165) is 31.6 Å². The first-order valence-corrected chi connectivity index (χ1v) is 9.53. The summed E-state index contributed by atoms with van der Waals surface area (Å²) < 4.78 is 27.8. The van der Waals surface area contributed by atoms with E-state index >= 15 is 0 Å². The molecule has 0 aliphatic carbocycles. The summed E-state index contributed by atoms with van der Waals surface area (Å²) in [6.45, 7) is 5.16. The van der Waals surface area contributed by atoms with Crippen molar-refractivity contribution in [3.05, 3.63) is 57.0 Å². The lowest BCUT2D eigenvalue weighted by atomic mass is 9.99. The van der Waals surface area contributed by atoms with Crippen LogP contribution < -0.4 is 10.5 Å². The van der Waals surface area contributed by atoms with Gasteiger partial charge in [0.15, 0.2) is 0 Å². The number of H-pyrrole nitrogens is 1. The highest BCUT2D eigenvalue weighted by atomic mass is 19.1. The molecule has 3 heterocycles. The molecule has 7 heteroatoms. The predicted molar refractivity (Wildman–Crippen MR) is 99.6 cm³/mol. The average molecular weight is 374 g/mol. The van der Waals surface area contributed by atoms with Gasteiger partial charge < -0.3 is 4.90 Å². The SMILES string of the molecule is CC1CCN(c2nc3c(c(=O)[nH]2)CN(Cc2c(F)cccc2F)CC3)CC1. The van der Waals surface area contributed by atoms with E-state index in [-0.39, 0.29) is 17.7 Å². The molecule has 1 fully saturated rings. The zero-order valence-corrected chi connectivity index (χ0v) is 15.5. The highest BCUT2D eigenvalue weighted by Gasteiger charge is 2.25. The van der Waals surface area contributed by atoms with Crippen LogP contribution in [0.15, 0.2) is 23.0 Å². The summed E-state index contributed by atoms with van der Waals surface area (Å²) in [7, 11) is 0. The summed E-state index contributed by atoms with van der Waals surface area (Å²) in [6.07, 6.45) is 2.80. The molecule has 4 rings (SSSR count). The Morgan fingerprint density at radius 1 is 1.19 bits per heavy atom. The van der Waals surface area contributed by atoms with Crippen molar-refractivity contribution in [1.29, 1.82) is 0 Å². The van der Waals surface area contributed by atoms with Gasteiger partial charge in [0.25, 0.3) is 5.56 Å². The van der Waals surface area contributed by atoms with E-state index in [1.807, 2.05) is 4.90 Å². The van der Waals surface area contributed by atoms with Crippen molar-refractivity contribution in [1.82, 2.24) is 14.9 Å². The van der Waals surface area contributed by atoms with Crippen LogP contribution in [0.4, 0.5) is 14.7 Å². The lowest BCUT2D eigenvalue weighted by Crippen LogP contribution is -2.39. The van der Waals surface area contributed by atoms with Crippen LogP contribution >= 0.6 is 0 Å².